The van der Waals surface area contributed by atoms with Crippen LogP contribution in [0.3, 0.4) is 0 Å². The third-order valence-electron chi connectivity index (χ3n) is 5.78. The third-order valence-corrected chi connectivity index (χ3v) is 7.75. The van der Waals surface area contributed by atoms with E-state index in [0.717, 1.165) is 24.8 Å². The molecule has 33 heavy (non-hydrogen) atoms. The van der Waals surface area contributed by atoms with Gasteiger partial charge in [0.25, 0.3) is 0 Å². The molecule has 2 N–H and O–H groups in total. The molecule has 9 nitrogen and oxygen atoms in total. The Hall–Kier alpha value is -3.11. The van der Waals surface area contributed by atoms with Gasteiger partial charge in [0, 0.05) is 25.7 Å². The molecule has 2 aliphatic heterocycles. The van der Waals surface area contributed by atoms with Crippen LogP contribution < -0.4 is 20.1 Å². The van der Waals surface area contributed by atoms with Crippen molar-refractivity contribution in [1.82, 2.24) is 14.9 Å². The molecule has 0 radical (unpaired) electrons. The molecule has 176 valence electrons. The fourth-order valence-corrected chi connectivity index (χ4v) is 5.80. The van der Waals surface area contributed by atoms with E-state index in [4.69, 9.17) is 9.47 Å². The molecule has 0 aromatic heterocycles. The number of nitrogens with one attached hydrogen (secondary N) is 2. The lowest BCUT2D eigenvalue weighted by atomic mass is 10.0. The lowest BCUT2D eigenvalue weighted by Crippen LogP contribution is -2.46. The minimum Gasteiger partial charge on any atom is -0.454 e. The molecule has 0 unspecified atom stereocenters. The van der Waals surface area contributed by atoms with Crippen molar-refractivity contribution in [3.05, 3.63) is 54.1 Å². The van der Waals surface area contributed by atoms with E-state index < -0.39 is 21.8 Å². The number of carbonyl (C=O) groups is 2. The van der Waals surface area contributed by atoms with Gasteiger partial charge in [-0.05, 0) is 49.1 Å². The van der Waals surface area contributed by atoms with E-state index in [0.29, 0.717) is 24.5 Å². The van der Waals surface area contributed by atoms with Crippen molar-refractivity contribution in [3.63, 3.8) is 0 Å². The summed E-state index contributed by atoms with van der Waals surface area (Å²) in [6.45, 7) is 1.00. The number of nitrogens with zero attached hydrogens (tertiary/aromatic N) is 1. The number of hydrogen-bond acceptors (Lipinski definition) is 6. The van der Waals surface area contributed by atoms with Gasteiger partial charge in [0.1, 0.15) is 0 Å². The van der Waals surface area contributed by atoms with Gasteiger partial charge in [0.15, 0.2) is 11.5 Å². The standard InChI is InChI=1S/C23H27N3O6S/c27-22(23(28)25-15-17-9-10-20-21(14-17)32-16-31-20)24-12-11-18-6-4-5-13-26(18)33(29,30)19-7-2-1-3-8-19/h1-3,7-10,14,18H,4-6,11-13,15-16H2,(H,24,27)(H,25,28)/t18-/m0/s1. The van der Waals surface area contributed by atoms with Gasteiger partial charge in [-0.25, -0.2) is 8.42 Å². The molecule has 2 aromatic rings. The van der Waals surface area contributed by atoms with E-state index >= 15 is 0 Å². The molecule has 2 aliphatic rings. The number of fused-ring (bicyclic) bond motifs is 1. The summed E-state index contributed by atoms with van der Waals surface area (Å²) in [6, 6.07) is 13.4. The summed E-state index contributed by atoms with van der Waals surface area (Å²) >= 11 is 0. The number of rotatable bonds is 7. The van der Waals surface area contributed by atoms with Crippen LogP contribution in [0.5, 0.6) is 11.5 Å². The average Bonchev–Trinajstić information content (AvgIpc) is 3.31. The summed E-state index contributed by atoms with van der Waals surface area (Å²) < 4.78 is 38.2. The maximum absolute atomic E-state index is 13.1. The fraction of sp³-hybridized carbons (Fsp3) is 0.391. The van der Waals surface area contributed by atoms with Crippen molar-refractivity contribution >= 4 is 21.8 Å². The number of carbonyl (C=O) groups excluding carboxylic acids is 2. The highest BCUT2D eigenvalue weighted by Gasteiger charge is 2.33. The molecular weight excluding hydrogens is 446 g/mol. The second kappa shape index (κ2) is 10.2. The summed E-state index contributed by atoms with van der Waals surface area (Å²) in [7, 11) is -3.60. The summed E-state index contributed by atoms with van der Waals surface area (Å²) in [5, 5.41) is 5.18. The summed E-state index contributed by atoms with van der Waals surface area (Å²) in [6.07, 6.45) is 2.89. The van der Waals surface area contributed by atoms with E-state index in [9.17, 15) is 18.0 Å². The van der Waals surface area contributed by atoms with Crippen LogP contribution in [0.25, 0.3) is 0 Å². The highest BCUT2D eigenvalue weighted by Crippen LogP contribution is 2.32. The first kappa shape index (κ1) is 23.1. The highest BCUT2D eigenvalue weighted by atomic mass is 32.2. The molecule has 0 bridgehead atoms. The van der Waals surface area contributed by atoms with Gasteiger partial charge in [-0.3, -0.25) is 9.59 Å². The van der Waals surface area contributed by atoms with Crippen molar-refractivity contribution in [3.8, 4) is 11.5 Å². The largest absolute Gasteiger partial charge is 0.454 e. The monoisotopic (exact) mass is 473 g/mol. The molecule has 0 saturated carbocycles. The Morgan fingerprint density at radius 3 is 2.55 bits per heavy atom. The lowest BCUT2D eigenvalue weighted by molar-refractivity contribution is -0.139. The van der Waals surface area contributed by atoms with Crippen molar-refractivity contribution < 1.29 is 27.5 Å². The summed E-state index contributed by atoms with van der Waals surface area (Å²) in [5.41, 5.74) is 0.782. The smallest absolute Gasteiger partial charge is 0.309 e. The average molecular weight is 474 g/mol. The van der Waals surface area contributed by atoms with Crippen LogP contribution >= 0.6 is 0 Å². The topological polar surface area (TPSA) is 114 Å². The Balaban J connectivity index is 1.26. The van der Waals surface area contributed by atoms with Gasteiger partial charge >= 0.3 is 11.8 Å². The van der Waals surface area contributed by atoms with Crippen LogP contribution in [0.4, 0.5) is 0 Å². The third kappa shape index (κ3) is 5.45. The van der Waals surface area contributed by atoms with Crippen molar-refractivity contribution in [2.75, 3.05) is 19.9 Å². The molecule has 2 amide bonds. The highest BCUT2D eigenvalue weighted by molar-refractivity contribution is 7.89. The zero-order valence-electron chi connectivity index (χ0n) is 18.2. The van der Waals surface area contributed by atoms with Gasteiger partial charge in [0.2, 0.25) is 16.8 Å². The van der Waals surface area contributed by atoms with E-state index in [-0.39, 0.29) is 30.8 Å². The second-order valence-electron chi connectivity index (χ2n) is 7.99. The first-order valence-corrected chi connectivity index (χ1v) is 12.4. The molecule has 4 rings (SSSR count). The van der Waals surface area contributed by atoms with Crippen molar-refractivity contribution in [1.29, 1.82) is 0 Å². The number of sulfonamides is 1. The first-order valence-electron chi connectivity index (χ1n) is 11.0. The molecule has 10 heteroatoms. The van der Waals surface area contributed by atoms with Gasteiger partial charge in [-0.1, -0.05) is 30.7 Å². The van der Waals surface area contributed by atoms with Crippen LogP contribution in [0.2, 0.25) is 0 Å². The number of piperidine rings is 1. The number of amides is 2. The Labute approximate surface area is 193 Å². The Morgan fingerprint density at radius 2 is 1.73 bits per heavy atom. The van der Waals surface area contributed by atoms with E-state index in [1.165, 1.54) is 4.31 Å². The van der Waals surface area contributed by atoms with E-state index in [1.54, 1.807) is 48.5 Å². The Bertz CT molecular complexity index is 1110. The predicted molar refractivity (Wildman–Crippen MR) is 120 cm³/mol. The quantitative estimate of drug-likeness (QED) is 0.593. The fourth-order valence-electron chi connectivity index (χ4n) is 4.05. The first-order chi connectivity index (χ1) is 15.9. The minimum atomic E-state index is -3.60. The lowest BCUT2D eigenvalue weighted by Gasteiger charge is -2.34. The van der Waals surface area contributed by atoms with Gasteiger partial charge in [-0.2, -0.15) is 4.31 Å². The molecule has 2 heterocycles. The van der Waals surface area contributed by atoms with Crippen LogP contribution in [0.15, 0.2) is 53.4 Å². The molecule has 1 fully saturated rings. The van der Waals surface area contributed by atoms with Crippen molar-refractivity contribution in [2.45, 2.75) is 43.2 Å². The molecular formula is C23H27N3O6S. The van der Waals surface area contributed by atoms with Gasteiger partial charge in [-0.15, -0.1) is 0 Å². The van der Waals surface area contributed by atoms with E-state index in [2.05, 4.69) is 10.6 Å². The maximum atomic E-state index is 13.1. The zero-order chi connectivity index (χ0) is 23.3. The van der Waals surface area contributed by atoms with Gasteiger partial charge < -0.3 is 20.1 Å². The van der Waals surface area contributed by atoms with Crippen LogP contribution in [-0.4, -0.2) is 50.5 Å². The van der Waals surface area contributed by atoms with Gasteiger partial charge in [0.05, 0.1) is 4.90 Å². The number of hydrogen-bond donors (Lipinski definition) is 2. The minimum absolute atomic E-state index is 0.165. The SMILES string of the molecule is O=C(NCC[C@@H]1CCCCN1S(=O)(=O)c1ccccc1)C(=O)NCc1ccc2c(c1)OCO2. The zero-order valence-corrected chi connectivity index (χ0v) is 19.0. The molecule has 1 saturated heterocycles. The molecule has 1 atom stereocenters. The Morgan fingerprint density at radius 1 is 0.970 bits per heavy atom. The van der Waals surface area contributed by atoms with Crippen LogP contribution in [0.1, 0.15) is 31.2 Å². The number of benzene rings is 2. The second-order valence-corrected chi connectivity index (χ2v) is 9.88. The van der Waals surface area contributed by atoms with Crippen LogP contribution in [0, 0.1) is 0 Å². The molecule has 0 spiro atoms. The maximum Gasteiger partial charge on any atom is 0.309 e. The normalized spacial score (nSPS) is 18.0. The molecule has 2 aromatic carbocycles. The Kier molecular flexibility index (Phi) is 7.14. The summed E-state index contributed by atoms with van der Waals surface area (Å²) in [5.74, 6) is -0.239. The van der Waals surface area contributed by atoms with Crippen molar-refractivity contribution in [2.24, 2.45) is 0 Å². The summed E-state index contributed by atoms with van der Waals surface area (Å²) in [4.78, 5) is 24.6. The van der Waals surface area contributed by atoms with Crippen LogP contribution in [-0.2, 0) is 26.2 Å². The molecule has 0 aliphatic carbocycles. The van der Waals surface area contributed by atoms with E-state index in [1.807, 2.05) is 0 Å². The predicted octanol–water partition coefficient (Wildman–Crippen LogP) is 1.78. The number of ether oxygens (including phenoxy) is 2.